The van der Waals surface area contributed by atoms with E-state index in [1.165, 1.54) is 121 Å². The van der Waals surface area contributed by atoms with Gasteiger partial charge >= 0.3 is 0 Å². The molecule has 268 valence electrons. The van der Waals surface area contributed by atoms with Gasteiger partial charge in [0.2, 0.25) is 0 Å². The van der Waals surface area contributed by atoms with Gasteiger partial charge in [-0.15, -0.1) is 0 Å². The lowest BCUT2D eigenvalue weighted by atomic mass is 9.93. The molecule has 0 fully saturated rings. The van der Waals surface area contributed by atoms with Crippen LogP contribution in [-0.2, 0) is 0 Å². The van der Waals surface area contributed by atoms with Crippen LogP contribution >= 0.6 is 0 Å². The summed E-state index contributed by atoms with van der Waals surface area (Å²) in [5, 5.41) is 10.2. The SMILES string of the molecule is c1ccc(-c2cccc(-c3cc4c(c5ccccc35)c3cccc5c3n4c3cccc4c6c7ccccc7c(-c7cccc(-c8ccccc8)c7)cc6n5c43)c2)cc1. The number of hydrogen-bond acceptors (Lipinski definition) is 0. The minimum atomic E-state index is 1.21. The molecule has 2 heteroatoms. The third-order valence-corrected chi connectivity index (χ3v) is 12.6. The van der Waals surface area contributed by atoms with Crippen molar-refractivity contribution < 1.29 is 0 Å². The number of fused-ring (bicyclic) bond motifs is 12. The van der Waals surface area contributed by atoms with Crippen LogP contribution in [0.5, 0.6) is 0 Å². The largest absolute Gasteiger partial charge is 0.305 e. The van der Waals surface area contributed by atoms with Gasteiger partial charge in [-0.05, 0) is 102 Å². The summed E-state index contributed by atoms with van der Waals surface area (Å²) >= 11 is 0. The smallest absolute Gasteiger partial charge is 0.0783 e. The molecular weight excluding hydrogens is 701 g/mol. The van der Waals surface area contributed by atoms with E-state index in [-0.39, 0.29) is 0 Å². The van der Waals surface area contributed by atoms with Crippen LogP contribution in [0.2, 0.25) is 0 Å². The lowest BCUT2D eigenvalue weighted by Crippen LogP contribution is -1.97. The number of aromatic nitrogens is 2. The van der Waals surface area contributed by atoms with Crippen molar-refractivity contribution in [3.63, 3.8) is 0 Å². The van der Waals surface area contributed by atoms with Gasteiger partial charge in [-0.3, -0.25) is 0 Å². The van der Waals surface area contributed by atoms with Crippen molar-refractivity contribution in [2.75, 3.05) is 0 Å². The Bertz CT molecular complexity index is 3520. The van der Waals surface area contributed by atoms with Crippen LogP contribution < -0.4 is 0 Å². The zero-order chi connectivity index (χ0) is 37.9. The monoisotopic (exact) mass is 734 g/mol. The molecule has 0 saturated carbocycles. The highest BCUT2D eigenvalue weighted by Gasteiger charge is 2.24. The average Bonchev–Trinajstić information content (AvgIpc) is 3.83. The first-order chi connectivity index (χ1) is 28.8. The van der Waals surface area contributed by atoms with E-state index in [0.717, 1.165) is 0 Å². The Labute approximate surface area is 334 Å². The minimum Gasteiger partial charge on any atom is -0.305 e. The van der Waals surface area contributed by atoms with Gasteiger partial charge in [-0.2, -0.15) is 0 Å². The fourth-order valence-corrected chi connectivity index (χ4v) is 10.1. The summed E-state index contributed by atoms with van der Waals surface area (Å²) in [5.41, 5.74) is 17.2. The molecule has 13 aromatic rings. The Morgan fingerprint density at radius 1 is 0.224 bits per heavy atom. The van der Waals surface area contributed by atoms with Gasteiger partial charge in [0.15, 0.2) is 0 Å². The van der Waals surface area contributed by atoms with E-state index < -0.39 is 0 Å². The number of rotatable bonds is 4. The molecule has 0 aliphatic rings. The van der Waals surface area contributed by atoms with Gasteiger partial charge in [-0.25, -0.2) is 0 Å². The molecule has 0 radical (unpaired) electrons. The van der Waals surface area contributed by atoms with Crippen LogP contribution in [-0.4, -0.2) is 8.80 Å². The van der Waals surface area contributed by atoms with E-state index in [4.69, 9.17) is 0 Å². The summed E-state index contributed by atoms with van der Waals surface area (Å²) in [4.78, 5) is 0. The number of hydrogen-bond donors (Lipinski definition) is 0. The molecule has 0 aliphatic heterocycles. The van der Waals surface area contributed by atoms with Crippen LogP contribution in [0.3, 0.4) is 0 Å². The lowest BCUT2D eigenvalue weighted by Gasteiger charge is -2.13. The molecule has 58 heavy (non-hydrogen) atoms. The Morgan fingerprint density at radius 3 is 1.02 bits per heavy atom. The van der Waals surface area contributed by atoms with Crippen molar-refractivity contribution in [1.29, 1.82) is 0 Å². The van der Waals surface area contributed by atoms with Crippen molar-refractivity contribution >= 4 is 76.2 Å². The third-order valence-electron chi connectivity index (χ3n) is 12.6. The second-order valence-electron chi connectivity index (χ2n) is 15.6. The van der Waals surface area contributed by atoms with Crippen LogP contribution in [0.25, 0.3) is 121 Å². The molecule has 0 spiro atoms. The lowest BCUT2D eigenvalue weighted by molar-refractivity contribution is 1.26. The van der Waals surface area contributed by atoms with Crippen molar-refractivity contribution in [1.82, 2.24) is 8.80 Å². The molecule has 0 amide bonds. The van der Waals surface area contributed by atoms with Crippen LogP contribution in [0, 0.1) is 0 Å². The first-order valence-corrected chi connectivity index (χ1v) is 20.1. The second-order valence-corrected chi connectivity index (χ2v) is 15.6. The van der Waals surface area contributed by atoms with Crippen molar-refractivity contribution in [2.45, 2.75) is 0 Å². The van der Waals surface area contributed by atoms with Crippen molar-refractivity contribution in [3.8, 4) is 44.5 Å². The molecule has 0 unspecified atom stereocenters. The van der Waals surface area contributed by atoms with E-state index in [1.54, 1.807) is 0 Å². The van der Waals surface area contributed by atoms with Crippen LogP contribution in [0.4, 0.5) is 0 Å². The standard InChI is InChI=1S/C56H34N2/c1-3-15-35(16-4-1)37-19-11-21-39(31-37)47-33-51-53(43-25-9-7-23-41(43)47)45-27-13-30-50-55(45)57(51)49-29-14-28-46-54-44-26-10-8-24-42(44)48(34-52(54)58(50)56(46)49)40-22-12-20-38(32-40)36-17-5-2-6-18-36/h1-34H. The van der Waals surface area contributed by atoms with E-state index in [9.17, 15) is 0 Å². The van der Waals surface area contributed by atoms with Gasteiger partial charge in [0.25, 0.3) is 0 Å². The summed E-state index contributed by atoms with van der Waals surface area (Å²) < 4.78 is 5.12. The molecular formula is C56H34N2. The quantitative estimate of drug-likeness (QED) is 0.159. The van der Waals surface area contributed by atoms with Gasteiger partial charge in [0.1, 0.15) is 0 Å². The Balaban J connectivity index is 1.16. The Kier molecular flexibility index (Phi) is 6.47. The molecule has 0 bridgehead atoms. The third kappa shape index (κ3) is 4.32. The summed E-state index contributed by atoms with van der Waals surface area (Å²) in [6.45, 7) is 0. The molecule has 10 aromatic carbocycles. The molecule has 2 nitrogen and oxygen atoms in total. The predicted octanol–water partition coefficient (Wildman–Crippen LogP) is 15.2. The molecule has 3 heterocycles. The zero-order valence-corrected chi connectivity index (χ0v) is 31.5. The van der Waals surface area contributed by atoms with Crippen molar-refractivity contribution in [2.24, 2.45) is 0 Å². The maximum absolute atomic E-state index is 2.56. The minimum absolute atomic E-state index is 1.21. The van der Waals surface area contributed by atoms with Crippen molar-refractivity contribution in [3.05, 3.63) is 206 Å². The molecule has 0 saturated heterocycles. The van der Waals surface area contributed by atoms with Gasteiger partial charge in [-0.1, -0.05) is 170 Å². The molecule has 3 aromatic heterocycles. The summed E-state index contributed by atoms with van der Waals surface area (Å²) in [6.07, 6.45) is 0. The summed E-state index contributed by atoms with van der Waals surface area (Å²) in [7, 11) is 0. The Hall–Kier alpha value is -7.68. The number of nitrogens with zero attached hydrogens (tertiary/aromatic N) is 2. The van der Waals surface area contributed by atoms with E-state index in [2.05, 4.69) is 215 Å². The van der Waals surface area contributed by atoms with Crippen LogP contribution in [0.15, 0.2) is 206 Å². The topological polar surface area (TPSA) is 8.82 Å². The normalized spacial score (nSPS) is 12.1. The Morgan fingerprint density at radius 2 is 0.569 bits per heavy atom. The first-order valence-electron chi connectivity index (χ1n) is 20.1. The van der Waals surface area contributed by atoms with E-state index >= 15 is 0 Å². The molecule has 0 N–H and O–H groups in total. The maximum Gasteiger partial charge on any atom is 0.0783 e. The summed E-state index contributed by atoms with van der Waals surface area (Å²) in [6, 6.07) is 76.1. The van der Waals surface area contributed by atoms with Crippen LogP contribution in [0.1, 0.15) is 0 Å². The fraction of sp³-hybridized carbons (Fsp3) is 0. The fourth-order valence-electron chi connectivity index (χ4n) is 10.1. The van der Waals surface area contributed by atoms with Gasteiger partial charge in [0.05, 0.1) is 33.1 Å². The highest BCUT2D eigenvalue weighted by molar-refractivity contribution is 6.31. The van der Waals surface area contributed by atoms with E-state index in [1.807, 2.05) is 0 Å². The highest BCUT2D eigenvalue weighted by atomic mass is 15.0. The van der Waals surface area contributed by atoms with E-state index in [0.29, 0.717) is 0 Å². The molecule has 0 atom stereocenters. The average molecular weight is 735 g/mol. The number of para-hydroxylation sites is 2. The molecule has 13 rings (SSSR count). The predicted molar refractivity (Wildman–Crippen MR) is 246 cm³/mol. The zero-order valence-electron chi connectivity index (χ0n) is 31.5. The summed E-state index contributed by atoms with van der Waals surface area (Å²) in [5.74, 6) is 0. The highest BCUT2D eigenvalue weighted by Crippen LogP contribution is 2.47. The first kappa shape index (κ1) is 31.5. The van der Waals surface area contributed by atoms with Gasteiger partial charge in [0, 0.05) is 21.5 Å². The molecule has 0 aliphatic carbocycles. The van der Waals surface area contributed by atoms with Gasteiger partial charge < -0.3 is 8.80 Å². The second kappa shape index (κ2) is 11.9. The number of benzene rings is 10. The maximum atomic E-state index is 2.56.